The Bertz CT molecular complexity index is 2840. The number of aliphatic hydroxyl groups is 4. The van der Waals surface area contributed by atoms with Crippen LogP contribution in [0.1, 0.15) is 114 Å². The Labute approximate surface area is 473 Å². The van der Waals surface area contributed by atoms with Gasteiger partial charge in [0.25, 0.3) is 5.69 Å². The van der Waals surface area contributed by atoms with Crippen LogP contribution in [0.25, 0.3) is 0 Å². The van der Waals surface area contributed by atoms with Gasteiger partial charge in [-0.1, -0.05) is 109 Å². The Morgan fingerprint density at radius 3 is 2.12 bits per heavy atom. The minimum atomic E-state index is -2.53. The lowest BCUT2D eigenvalue weighted by atomic mass is 9.96. The first-order valence-corrected chi connectivity index (χ1v) is 27.4. The Kier molecular flexibility index (Phi) is 23.4. The third kappa shape index (κ3) is 17.6. The predicted molar refractivity (Wildman–Crippen MR) is 295 cm³/mol. The smallest absolute Gasteiger partial charge is 0.335 e. The number of hydrogen-bond acceptors (Lipinski definition) is 18. The van der Waals surface area contributed by atoms with Crippen LogP contribution >= 0.6 is 0 Å². The highest BCUT2D eigenvalue weighted by molar-refractivity contribution is 5.94. The van der Waals surface area contributed by atoms with Crippen molar-refractivity contribution in [2.75, 3.05) is 6.61 Å². The molecule has 82 heavy (non-hydrogen) atoms. The fourth-order valence-electron chi connectivity index (χ4n) is 9.56. The van der Waals surface area contributed by atoms with Gasteiger partial charge in [-0.2, -0.15) is 0 Å². The molecule has 1 fully saturated rings. The molecule has 4 aromatic carbocycles. The molecule has 4 amide bonds. The molecule has 0 saturated carbocycles. The standard InChI is InChI=1S/C57H73N7O18/c1-4-5-6-7-8-9-10-11-15-18-46(66)61-48-50(68)49(67)45(31-65)81-57(48)82-52-43(79-37-22-20-36(21-23-37)63(75)76)29-35-30-44(52)80-42-24-19-34(28-41(42)64(77)78)27-40(59-53(70)38(58)25-32(2)3)54(71)60-39(26-33-16-13-12-14-17-33)55(72)62-47(35)51(69)56(73)74/h12-14,16-17,19-24,28-30,32,38-40,45,47-51,57,65,67-69H,4-11,15,18,25-27,31,58H2,1-3H3,(H,59,70)(H,60,71)(H,61,66)(H,62,72)(H,73,74)/t38-,39-,40+,45-,47-,48-,49-,50-,51-,57+/m1/s1. The molecule has 7 rings (SSSR count). The van der Waals surface area contributed by atoms with Crippen molar-refractivity contribution in [1.82, 2.24) is 21.3 Å². The van der Waals surface area contributed by atoms with Crippen molar-refractivity contribution in [2.24, 2.45) is 11.7 Å². The van der Waals surface area contributed by atoms with Gasteiger partial charge in [0.05, 0.1) is 28.5 Å². The van der Waals surface area contributed by atoms with Gasteiger partial charge in [-0.25, -0.2) is 4.79 Å². The van der Waals surface area contributed by atoms with Crippen LogP contribution in [0.15, 0.2) is 84.9 Å². The summed E-state index contributed by atoms with van der Waals surface area (Å²) < 4.78 is 25.1. The SMILES string of the molecule is CCCCCCCCCCCC(=O)N[C@H]1[C@H](Oc2c(Oc3ccc([N+](=O)[O-])cc3)cc3cc2Oc2ccc(cc2[N+](=O)[O-])C[C@H](NC(=O)[C@H](N)CC(C)C)C(=O)N[C@H](Cc2ccccc2)C(=O)N[C@H]3[C@@H](O)C(=O)O)O[C@H](CO)[C@@H](O)[C@@H]1O. The second kappa shape index (κ2) is 30.3. The van der Waals surface area contributed by atoms with Gasteiger partial charge in [0, 0.05) is 37.5 Å². The summed E-state index contributed by atoms with van der Waals surface area (Å²) in [5, 5.41) is 90.2. The van der Waals surface area contributed by atoms with E-state index in [2.05, 4.69) is 28.2 Å². The van der Waals surface area contributed by atoms with Gasteiger partial charge in [0.2, 0.25) is 41.4 Å². The maximum atomic E-state index is 14.8. The van der Waals surface area contributed by atoms with Crippen molar-refractivity contribution in [3.63, 3.8) is 0 Å². The molecule has 11 N–H and O–H groups in total. The summed E-state index contributed by atoms with van der Waals surface area (Å²) in [5.74, 6) is -7.68. The molecular formula is C57H73N7O18. The first kappa shape index (κ1) is 63.4. The summed E-state index contributed by atoms with van der Waals surface area (Å²) in [6, 6.07) is 10.6. The molecule has 3 aliphatic heterocycles. The van der Waals surface area contributed by atoms with Crippen LogP contribution in [0, 0.1) is 26.1 Å². The van der Waals surface area contributed by atoms with Crippen LogP contribution in [0.4, 0.5) is 11.4 Å². The molecular weight excluding hydrogens is 1070 g/mol. The predicted octanol–water partition coefficient (Wildman–Crippen LogP) is 5.06. The molecule has 3 heterocycles. The number of benzene rings is 4. The fourth-order valence-corrected chi connectivity index (χ4v) is 9.56. The minimum Gasteiger partial charge on any atom is -0.479 e. The van der Waals surface area contributed by atoms with Gasteiger partial charge in [-0.15, -0.1) is 0 Å². The number of nitrogens with one attached hydrogen (secondary N) is 4. The zero-order chi connectivity index (χ0) is 59.6. The third-order valence-electron chi connectivity index (χ3n) is 14.0. The van der Waals surface area contributed by atoms with E-state index in [9.17, 15) is 69.7 Å². The van der Waals surface area contributed by atoms with Crippen molar-refractivity contribution in [1.29, 1.82) is 0 Å². The molecule has 0 spiro atoms. The van der Waals surface area contributed by atoms with Gasteiger partial charge in [-0.3, -0.25) is 39.4 Å². The first-order valence-electron chi connectivity index (χ1n) is 27.4. The number of carboxylic acid groups (broad SMARTS) is 1. The van der Waals surface area contributed by atoms with Crippen molar-refractivity contribution in [3.8, 4) is 28.7 Å². The van der Waals surface area contributed by atoms with E-state index < -0.39 is 142 Å². The number of carbonyl (C=O) groups is 5. The van der Waals surface area contributed by atoms with Crippen molar-refractivity contribution >= 4 is 41.0 Å². The van der Waals surface area contributed by atoms with Gasteiger partial charge in [0.1, 0.15) is 42.2 Å². The minimum absolute atomic E-state index is 0.0176. The monoisotopic (exact) mass is 1140 g/mol. The van der Waals surface area contributed by atoms with E-state index in [4.69, 9.17) is 24.7 Å². The number of nitrogens with two attached hydrogens (primary N) is 1. The zero-order valence-electron chi connectivity index (χ0n) is 45.8. The lowest BCUT2D eigenvalue weighted by Crippen LogP contribution is -2.65. The van der Waals surface area contributed by atoms with E-state index in [0.717, 1.165) is 81.3 Å². The summed E-state index contributed by atoms with van der Waals surface area (Å²) in [6.07, 6.45) is -1.48. The van der Waals surface area contributed by atoms with Crippen molar-refractivity contribution in [2.45, 2.75) is 165 Å². The fraction of sp³-hybridized carbons (Fsp3) is 0.491. The summed E-state index contributed by atoms with van der Waals surface area (Å²) in [5.41, 5.74) is 5.36. The molecule has 444 valence electrons. The highest BCUT2D eigenvalue weighted by Crippen LogP contribution is 2.47. The van der Waals surface area contributed by atoms with E-state index in [0.29, 0.717) is 18.4 Å². The number of aliphatic hydroxyl groups excluding tert-OH is 4. The van der Waals surface area contributed by atoms with Crippen molar-refractivity contribution < 1.29 is 78.3 Å². The summed E-state index contributed by atoms with van der Waals surface area (Å²) in [4.78, 5) is 92.6. The number of nitro benzene ring substituents is 2. The Balaban J connectivity index is 1.53. The number of non-ortho nitro benzene ring substituents is 1. The maximum Gasteiger partial charge on any atom is 0.335 e. The molecule has 0 radical (unpaired) electrons. The molecule has 1 saturated heterocycles. The van der Waals surface area contributed by atoms with Crippen LogP contribution < -0.4 is 41.2 Å². The molecule has 4 bridgehead atoms. The van der Waals surface area contributed by atoms with E-state index in [1.807, 2.05) is 13.8 Å². The molecule has 4 aromatic rings. The van der Waals surface area contributed by atoms with E-state index in [-0.39, 0.29) is 47.7 Å². The number of fused-ring (bicyclic) bond motifs is 9. The number of carbonyl (C=O) groups excluding carboxylic acids is 4. The van der Waals surface area contributed by atoms with E-state index in [1.54, 1.807) is 30.3 Å². The number of ether oxygens (including phenoxy) is 4. The average molecular weight is 1140 g/mol. The summed E-state index contributed by atoms with van der Waals surface area (Å²) in [7, 11) is 0. The number of carboxylic acids is 1. The molecule has 0 aromatic heterocycles. The number of nitrogens with zero attached hydrogens (tertiary/aromatic N) is 2. The van der Waals surface area contributed by atoms with E-state index >= 15 is 0 Å². The number of aliphatic carboxylic acids is 1. The number of amides is 4. The zero-order valence-corrected chi connectivity index (χ0v) is 45.8. The van der Waals surface area contributed by atoms with Crippen molar-refractivity contribution in [3.05, 3.63) is 122 Å². The van der Waals surface area contributed by atoms with Gasteiger partial charge in [0.15, 0.2) is 17.6 Å². The lowest BCUT2D eigenvalue weighted by Gasteiger charge is -2.42. The second-order valence-electron chi connectivity index (χ2n) is 20.9. The van der Waals surface area contributed by atoms with Gasteiger partial charge in [-0.05, 0) is 65.8 Å². The number of unbranched alkanes of at least 4 members (excludes halogenated alkanes) is 8. The normalized spacial score (nSPS) is 21.7. The number of nitro groups is 2. The Hall–Kier alpha value is -7.81. The lowest BCUT2D eigenvalue weighted by molar-refractivity contribution is -0.385. The number of rotatable bonds is 26. The highest BCUT2D eigenvalue weighted by Gasteiger charge is 2.47. The van der Waals surface area contributed by atoms with Crippen LogP contribution in [0.5, 0.6) is 28.7 Å². The molecule has 0 unspecified atom stereocenters. The van der Waals surface area contributed by atoms with Gasteiger partial charge < -0.3 is 71.5 Å². The molecule has 25 heteroatoms. The maximum absolute atomic E-state index is 14.8. The molecule has 0 aliphatic carbocycles. The van der Waals surface area contributed by atoms with E-state index in [1.165, 1.54) is 18.2 Å². The van der Waals surface area contributed by atoms with Gasteiger partial charge >= 0.3 is 11.7 Å². The third-order valence-corrected chi connectivity index (χ3v) is 14.0. The topological polar surface area (TPSA) is 384 Å². The second-order valence-corrected chi connectivity index (χ2v) is 20.9. The molecule has 3 aliphatic rings. The molecule has 10 atom stereocenters. The summed E-state index contributed by atoms with van der Waals surface area (Å²) >= 11 is 0. The highest BCUT2D eigenvalue weighted by atomic mass is 16.7. The average Bonchev–Trinajstić information content (AvgIpc) is 3.50. The largest absolute Gasteiger partial charge is 0.479 e. The number of hydrogen-bond donors (Lipinski definition) is 10. The van der Waals surface area contributed by atoms with Crippen LogP contribution in [0.2, 0.25) is 0 Å². The quantitative estimate of drug-likeness (QED) is 0.0223. The first-order chi connectivity index (χ1) is 39.2. The van der Waals surface area contributed by atoms with Crippen LogP contribution in [0.3, 0.4) is 0 Å². The Morgan fingerprint density at radius 2 is 1.50 bits per heavy atom. The molecule has 25 nitrogen and oxygen atoms in total. The van der Waals surface area contributed by atoms with Crippen LogP contribution in [-0.4, -0.2) is 126 Å². The Morgan fingerprint density at radius 1 is 0.829 bits per heavy atom. The summed E-state index contributed by atoms with van der Waals surface area (Å²) in [6.45, 7) is 4.91. The van der Waals surface area contributed by atoms with Crippen LogP contribution in [-0.2, 0) is 41.6 Å².